The van der Waals surface area contributed by atoms with Crippen molar-refractivity contribution in [1.82, 2.24) is 9.80 Å². The Hall–Kier alpha value is -3.63. The fraction of sp³-hybridized carbons (Fsp3) is 0.357. The van der Waals surface area contributed by atoms with Gasteiger partial charge >= 0.3 is 0 Å². The molecule has 0 radical (unpaired) electrons. The van der Waals surface area contributed by atoms with Gasteiger partial charge in [-0.05, 0) is 47.4 Å². The largest absolute Gasteiger partial charge is 0.497 e. The third kappa shape index (κ3) is 5.08. The Morgan fingerprint density at radius 1 is 1.14 bits per heavy atom. The molecule has 1 fully saturated rings. The molecule has 3 aromatic rings. The van der Waals surface area contributed by atoms with E-state index >= 15 is 0 Å². The summed E-state index contributed by atoms with van der Waals surface area (Å²) in [6.45, 7) is 1.26. The lowest BCUT2D eigenvalue weighted by Crippen LogP contribution is -2.45. The standard InChI is InChI=1S/C28H30FN3O3/c1-31(18-25-24-10-5-4-7-19(24)15-21(17-30)27(25)35-3)28(33)26(32-13-11-22(29)12-14-32)20-8-6-9-23(16-20)34-2/h4-10,15-16,22,26H,11-14,18H2,1-3H3. The molecule has 1 aliphatic heterocycles. The number of amides is 1. The number of ether oxygens (including phenoxy) is 2. The number of rotatable bonds is 7. The van der Waals surface area contributed by atoms with Gasteiger partial charge in [0.05, 0.1) is 19.8 Å². The molecule has 182 valence electrons. The number of piperidine rings is 1. The zero-order valence-electron chi connectivity index (χ0n) is 20.3. The summed E-state index contributed by atoms with van der Waals surface area (Å²) < 4.78 is 24.9. The van der Waals surface area contributed by atoms with Gasteiger partial charge in [0.25, 0.3) is 0 Å². The third-order valence-electron chi connectivity index (χ3n) is 6.67. The summed E-state index contributed by atoms with van der Waals surface area (Å²) in [4.78, 5) is 17.7. The molecule has 1 atom stereocenters. The van der Waals surface area contributed by atoms with E-state index in [9.17, 15) is 14.4 Å². The molecule has 0 N–H and O–H groups in total. The van der Waals surface area contributed by atoms with Crippen LogP contribution in [0, 0.1) is 11.3 Å². The van der Waals surface area contributed by atoms with Crippen LogP contribution in [0.15, 0.2) is 54.6 Å². The van der Waals surface area contributed by atoms with Crippen molar-refractivity contribution in [3.63, 3.8) is 0 Å². The summed E-state index contributed by atoms with van der Waals surface area (Å²) in [6.07, 6.45) is -0.0327. The molecule has 1 saturated heterocycles. The highest BCUT2D eigenvalue weighted by molar-refractivity contribution is 5.91. The number of likely N-dealkylation sites (tertiary alicyclic amines) is 1. The molecule has 6 nitrogen and oxygen atoms in total. The van der Waals surface area contributed by atoms with Gasteiger partial charge < -0.3 is 14.4 Å². The van der Waals surface area contributed by atoms with Gasteiger partial charge in [-0.25, -0.2) is 4.39 Å². The Kier molecular flexibility index (Phi) is 7.52. The SMILES string of the molecule is COc1cccc(C(C(=O)N(C)Cc2c(OC)c(C#N)cc3ccccc23)N2CCC(F)CC2)c1. The van der Waals surface area contributed by atoms with E-state index in [-0.39, 0.29) is 12.5 Å². The molecule has 35 heavy (non-hydrogen) atoms. The topological polar surface area (TPSA) is 65.8 Å². The van der Waals surface area contributed by atoms with Crippen LogP contribution in [0.5, 0.6) is 11.5 Å². The van der Waals surface area contributed by atoms with E-state index < -0.39 is 12.2 Å². The Morgan fingerprint density at radius 3 is 2.57 bits per heavy atom. The van der Waals surface area contributed by atoms with E-state index in [0.29, 0.717) is 43.0 Å². The Bertz CT molecular complexity index is 1250. The smallest absolute Gasteiger partial charge is 0.244 e. The zero-order chi connectivity index (χ0) is 24.9. The lowest BCUT2D eigenvalue weighted by atomic mass is 9.97. The number of nitrogens with zero attached hydrogens (tertiary/aromatic N) is 3. The van der Waals surface area contributed by atoms with Crippen LogP contribution >= 0.6 is 0 Å². The molecule has 3 aromatic carbocycles. The summed E-state index contributed by atoms with van der Waals surface area (Å²) >= 11 is 0. The van der Waals surface area contributed by atoms with Crippen LogP contribution in [0.25, 0.3) is 10.8 Å². The van der Waals surface area contributed by atoms with Crippen LogP contribution < -0.4 is 9.47 Å². The lowest BCUT2D eigenvalue weighted by Gasteiger charge is -2.37. The molecular formula is C28H30FN3O3. The molecule has 1 heterocycles. The van der Waals surface area contributed by atoms with Crippen molar-refractivity contribution in [3.05, 3.63) is 71.3 Å². The van der Waals surface area contributed by atoms with Crippen molar-refractivity contribution >= 4 is 16.7 Å². The van der Waals surface area contributed by atoms with Crippen molar-refractivity contribution in [2.75, 3.05) is 34.4 Å². The number of carbonyl (C=O) groups is 1. The number of hydrogen-bond acceptors (Lipinski definition) is 5. The normalized spacial score (nSPS) is 15.4. The predicted octanol–water partition coefficient (Wildman–Crippen LogP) is 4.86. The van der Waals surface area contributed by atoms with Crippen molar-refractivity contribution in [3.8, 4) is 17.6 Å². The molecule has 4 rings (SSSR count). The minimum Gasteiger partial charge on any atom is -0.497 e. The highest BCUT2D eigenvalue weighted by Crippen LogP contribution is 2.34. The van der Waals surface area contributed by atoms with Crippen LogP contribution in [0.3, 0.4) is 0 Å². The lowest BCUT2D eigenvalue weighted by molar-refractivity contribution is -0.137. The summed E-state index contributed by atoms with van der Waals surface area (Å²) in [6, 6.07) is 18.7. The van der Waals surface area contributed by atoms with Crippen molar-refractivity contribution in [1.29, 1.82) is 5.26 Å². The van der Waals surface area contributed by atoms with Crippen LogP contribution in [-0.2, 0) is 11.3 Å². The van der Waals surface area contributed by atoms with E-state index in [4.69, 9.17) is 9.47 Å². The van der Waals surface area contributed by atoms with Gasteiger partial charge in [0.2, 0.25) is 5.91 Å². The number of likely N-dealkylation sites (N-methyl/N-ethyl adjacent to an activating group) is 1. The highest BCUT2D eigenvalue weighted by atomic mass is 19.1. The monoisotopic (exact) mass is 475 g/mol. The first kappa shape index (κ1) is 24.5. The fourth-order valence-electron chi connectivity index (χ4n) is 4.85. The maximum atomic E-state index is 14.0. The molecule has 0 saturated carbocycles. The van der Waals surface area contributed by atoms with E-state index in [0.717, 1.165) is 21.9 Å². The number of carbonyl (C=O) groups excluding carboxylic acids is 1. The molecular weight excluding hydrogens is 445 g/mol. The average molecular weight is 476 g/mol. The molecule has 1 amide bonds. The number of hydrogen-bond donors (Lipinski definition) is 0. The molecule has 0 aliphatic carbocycles. The summed E-state index contributed by atoms with van der Waals surface area (Å²) in [7, 11) is 4.89. The quantitative estimate of drug-likeness (QED) is 0.488. The molecule has 1 unspecified atom stereocenters. The van der Waals surface area contributed by atoms with Crippen LogP contribution in [0.1, 0.15) is 35.6 Å². The van der Waals surface area contributed by atoms with Gasteiger partial charge in [-0.2, -0.15) is 5.26 Å². The predicted molar refractivity (Wildman–Crippen MR) is 133 cm³/mol. The van der Waals surface area contributed by atoms with Gasteiger partial charge in [-0.3, -0.25) is 9.69 Å². The van der Waals surface area contributed by atoms with Gasteiger partial charge in [0.1, 0.15) is 29.8 Å². The average Bonchev–Trinajstić information content (AvgIpc) is 2.89. The van der Waals surface area contributed by atoms with E-state index in [1.54, 1.807) is 25.1 Å². The number of alkyl halides is 1. The summed E-state index contributed by atoms with van der Waals surface area (Å²) in [5.74, 6) is 1.03. The van der Waals surface area contributed by atoms with Crippen molar-refractivity contribution in [2.45, 2.75) is 31.6 Å². The number of fused-ring (bicyclic) bond motifs is 1. The first-order chi connectivity index (χ1) is 17.0. The minimum atomic E-state index is -0.839. The first-order valence-corrected chi connectivity index (χ1v) is 11.7. The molecule has 0 aromatic heterocycles. The Labute approximate surface area is 205 Å². The van der Waals surface area contributed by atoms with E-state index in [1.165, 1.54) is 7.11 Å². The number of benzene rings is 3. The van der Waals surface area contributed by atoms with Crippen LogP contribution in [-0.4, -0.2) is 56.2 Å². The number of halogens is 1. The van der Waals surface area contributed by atoms with Crippen LogP contribution in [0.2, 0.25) is 0 Å². The zero-order valence-corrected chi connectivity index (χ0v) is 20.3. The second-order valence-corrected chi connectivity index (χ2v) is 8.85. The van der Waals surface area contributed by atoms with Gasteiger partial charge in [-0.15, -0.1) is 0 Å². The molecule has 0 bridgehead atoms. The minimum absolute atomic E-state index is 0.107. The second-order valence-electron chi connectivity index (χ2n) is 8.85. The highest BCUT2D eigenvalue weighted by Gasteiger charge is 2.33. The first-order valence-electron chi connectivity index (χ1n) is 11.7. The second kappa shape index (κ2) is 10.7. The maximum absolute atomic E-state index is 14.0. The Morgan fingerprint density at radius 2 is 1.89 bits per heavy atom. The summed E-state index contributed by atoms with van der Waals surface area (Å²) in [5.41, 5.74) is 2.02. The van der Waals surface area contributed by atoms with Gasteiger partial charge in [-0.1, -0.05) is 36.4 Å². The van der Waals surface area contributed by atoms with Crippen molar-refractivity contribution < 1.29 is 18.7 Å². The summed E-state index contributed by atoms with van der Waals surface area (Å²) in [5, 5.41) is 11.5. The number of methoxy groups -OCH3 is 2. The van der Waals surface area contributed by atoms with Crippen LogP contribution in [0.4, 0.5) is 4.39 Å². The Balaban J connectivity index is 1.72. The van der Waals surface area contributed by atoms with Crippen molar-refractivity contribution in [2.24, 2.45) is 0 Å². The van der Waals surface area contributed by atoms with E-state index in [2.05, 4.69) is 6.07 Å². The van der Waals surface area contributed by atoms with E-state index in [1.807, 2.05) is 53.4 Å². The molecule has 0 spiro atoms. The maximum Gasteiger partial charge on any atom is 0.244 e. The molecule has 7 heteroatoms. The van der Waals surface area contributed by atoms with Gasteiger partial charge in [0, 0.05) is 32.2 Å². The molecule has 1 aliphatic rings. The fourth-order valence-corrected chi connectivity index (χ4v) is 4.85. The van der Waals surface area contributed by atoms with Gasteiger partial charge in [0.15, 0.2) is 0 Å². The third-order valence-corrected chi connectivity index (χ3v) is 6.67. The number of nitriles is 1.